The maximum atomic E-state index is 11.1. The number of pyridine rings is 1. The Morgan fingerprint density at radius 2 is 2.05 bits per heavy atom. The summed E-state index contributed by atoms with van der Waals surface area (Å²) in [6, 6.07) is 7.87. The number of sulfone groups is 1. The summed E-state index contributed by atoms with van der Waals surface area (Å²) in [5, 5.41) is 5.30. The molecule has 102 valence electrons. The SMILES string of the molecule is CS(=O)(=O)CCCNc1nccc2c(Br)cccc12. The second-order valence-electron chi connectivity index (χ2n) is 4.40. The van der Waals surface area contributed by atoms with Crippen molar-refractivity contribution in [1.29, 1.82) is 0 Å². The molecule has 1 N–H and O–H groups in total. The quantitative estimate of drug-likeness (QED) is 0.848. The van der Waals surface area contributed by atoms with Crippen molar-refractivity contribution < 1.29 is 8.42 Å². The zero-order valence-corrected chi connectivity index (χ0v) is 13.0. The van der Waals surface area contributed by atoms with Crippen LogP contribution in [0.25, 0.3) is 10.8 Å². The Bertz CT molecular complexity index is 686. The van der Waals surface area contributed by atoms with E-state index in [9.17, 15) is 8.42 Å². The van der Waals surface area contributed by atoms with Crippen LogP contribution < -0.4 is 5.32 Å². The number of anilines is 1. The van der Waals surface area contributed by atoms with E-state index in [0.29, 0.717) is 13.0 Å². The van der Waals surface area contributed by atoms with E-state index in [1.807, 2.05) is 24.3 Å². The van der Waals surface area contributed by atoms with Crippen LogP contribution in [0.4, 0.5) is 5.82 Å². The zero-order chi connectivity index (χ0) is 13.9. The minimum absolute atomic E-state index is 0.189. The van der Waals surface area contributed by atoms with Crippen molar-refractivity contribution >= 4 is 42.4 Å². The van der Waals surface area contributed by atoms with Crippen LogP contribution in [0, 0.1) is 0 Å². The fraction of sp³-hybridized carbons (Fsp3) is 0.308. The number of halogens is 1. The Hall–Kier alpha value is -1.14. The summed E-state index contributed by atoms with van der Waals surface area (Å²) >= 11 is 3.50. The van der Waals surface area contributed by atoms with Crippen molar-refractivity contribution in [3.05, 3.63) is 34.9 Å². The highest BCUT2D eigenvalue weighted by Gasteiger charge is 2.05. The highest BCUT2D eigenvalue weighted by molar-refractivity contribution is 9.10. The number of benzene rings is 1. The summed E-state index contributed by atoms with van der Waals surface area (Å²) in [7, 11) is -2.90. The summed E-state index contributed by atoms with van der Waals surface area (Å²) in [5.41, 5.74) is 0. The number of nitrogens with zero attached hydrogens (tertiary/aromatic N) is 1. The molecule has 0 spiro atoms. The standard InChI is InChI=1S/C13H15BrN2O2S/c1-19(17,18)9-3-7-15-13-11-4-2-5-12(14)10(11)6-8-16-13/h2,4-6,8H,3,7,9H2,1H3,(H,15,16). The van der Waals surface area contributed by atoms with Crippen LogP contribution in [0.5, 0.6) is 0 Å². The normalized spacial score (nSPS) is 11.7. The molecule has 4 nitrogen and oxygen atoms in total. The summed E-state index contributed by atoms with van der Waals surface area (Å²) in [6.07, 6.45) is 3.57. The first-order chi connectivity index (χ1) is 8.97. The van der Waals surface area contributed by atoms with Gasteiger partial charge in [-0.25, -0.2) is 13.4 Å². The Balaban J connectivity index is 2.11. The third kappa shape index (κ3) is 3.91. The highest BCUT2D eigenvalue weighted by atomic mass is 79.9. The van der Waals surface area contributed by atoms with E-state index in [4.69, 9.17) is 0 Å². The van der Waals surface area contributed by atoms with E-state index >= 15 is 0 Å². The fourth-order valence-electron chi connectivity index (χ4n) is 1.85. The molecule has 0 fully saturated rings. The predicted molar refractivity (Wildman–Crippen MR) is 82.3 cm³/mol. The molecule has 6 heteroatoms. The van der Waals surface area contributed by atoms with Crippen LogP contribution in [-0.4, -0.2) is 32.0 Å². The molecule has 0 amide bonds. The second kappa shape index (κ2) is 5.88. The lowest BCUT2D eigenvalue weighted by atomic mass is 10.1. The van der Waals surface area contributed by atoms with Crippen LogP contribution in [0.3, 0.4) is 0 Å². The van der Waals surface area contributed by atoms with Gasteiger partial charge in [-0.05, 0) is 18.6 Å². The Kier molecular flexibility index (Phi) is 4.42. The summed E-state index contributed by atoms with van der Waals surface area (Å²) < 4.78 is 23.1. The van der Waals surface area contributed by atoms with Crippen LogP contribution >= 0.6 is 15.9 Å². The topological polar surface area (TPSA) is 59.1 Å². The van der Waals surface area contributed by atoms with Crippen molar-refractivity contribution in [2.24, 2.45) is 0 Å². The molecule has 0 aliphatic carbocycles. The van der Waals surface area contributed by atoms with Crippen LogP contribution in [0.2, 0.25) is 0 Å². The van der Waals surface area contributed by atoms with E-state index in [-0.39, 0.29) is 5.75 Å². The zero-order valence-electron chi connectivity index (χ0n) is 10.6. The summed E-state index contributed by atoms with van der Waals surface area (Å²) in [5.74, 6) is 0.973. The first-order valence-electron chi connectivity index (χ1n) is 5.92. The number of hydrogen-bond donors (Lipinski definition) is 1. The van der Waals surface area contributed by atoms with E-state index in [2.05, 4.69) is 26.2 Å². The molecule has 19 heavy (non-hydrogen) atoms. The van der Waals surface area contributed by atoms with Crippen LogP contribution in [0.1, 0.15) is 6.42 Å². The lowest BCUT2D eigenvalue weighted by molar-refractivity contribution is 0.600. The molecule has 1 heterocycles. The second-order valence-corrected chi connectivity index (χ2v) is 7.52. The van der Waals surface area contributed by atoms with E-state index in [1.54, 1.807) is 6.20 Å². The lowest BCUT2D eigenvalue weighted by Crippen LogP contribution is -2.10. The Labute approximate surface area is 121 Å². The fourth-order valence-corrected chi connectivity index (χ4v) is 3.02. The highest BCUT2D eigenvalue weighted by Crippen LogP contribution is 2.27. The molecular formula is C13H15BrN2O2S. The molecule has 2 aromatic rings. The molecule has 1 aromatic heterocycles. The van der Waals surface area contributed by atoms with Crippen molar-refractivity contribution in [2.45, 2.75) is 6.42 Å². The molecule has 0 saturated carbocycles. The average Bonchev–Trinajstić information content (AvgIpc) is 2.34. The van der Waals surface area contributed by atoms with Gasteiger partial charge >= 0.3 is 0 Å². The number of nitrogens with one attached hydrogen (secondary N) is 1. The number of rotatable bonds is 5. The Morgan fingerprint density at radius 1 is 1.26 bits per heavy atom. The van der Waals surface area contributed by atoms with Gasteiger partial charge in [0.25, 0.3) is 0 Å². The first-order valence-corrected chi connectivity index (χ1v) is 8.77. The largest absolute Gasteiger partial charge is 0.370 e. The van der Waals surface area contributed by atoms with Gasteiger partial charge in [0.15, 0.2) is 0 Å². The van der Waals surface area contributed by atoms with Gasteiger partial charge in [-0.15, -0.1) is 0 Å². The molecule has 0 saturated heterocycles. The number of hydrogen-bond acceptors (Lipinski definition) is 4. The minimum Gasteiger partial charge on any atom is -0.370 e. The van der Waals surface area contributed by atoms with Crippen molar-refractivity contribution in [1.82, 2.24) is 4.98 Å². The molecule has 0 radical (unpaired) electrons. The average molecular weight is 343 g/mol. The van der Waals surface area contributed by atoms with Crippen LogP contribution in [-0.2, 0) is 9.84 Å². The van der Waals surface area contributed by atoms with E-state index < -0.39 is 9.84 Å². The van der Waals surface area contributed by atoms with E-state index in [0.717, 1.165) is 21.1 Å². The van der Waals surface area contributed by atoms with Crippen molar-refractivity contribution in [2.75, 3.05) is 23.9 Å². The molecule has 0 aliphatic rings. The lowest BCUT2D eigenvalue weighted by Gasteiger charge is -2.09. The molecule has 0 atom stereocenters. The van der Waals surface area contributed by atoms with Crippen molar-refractivity contribution in [3.8, 4) is 0 Å². The van der Waals surface area contributed by atoms with Gasteiger partial charge < -0.3 is 5.32 Å². The van der Waals surface area contributed by atoms with Gasteiger partial charge in [-0.3, -0.25) is 0 Å². The Morgan fingerprint density at radius 3 is 2.79 bits per heavy atom. The van der Waals surface area contributed by atoms with Gasteiger partial charge in [0.1, 0.15) is 15.7 Å². The van der Waals surface area contributed by atoms with Crippen LogP contribution in [0.15, 0.2) is 34.9 Å². The van der Waals surface area contributed by atoms with E-state index in [1.165, 1.54) is 6.26 Å². The maximum absolute atomic E-state index is 11.1. The minimum atomic E-state index is -2.90. The summed E-state index contributed by atoms with van der Waals surface area (Å²) in [6.45, 7) is 0.589. The monoisotopic (exact) mass is 342 g/mol. The maximum Gasteiger partial charge on any atom is 0.147 e. The predicted octanol–water partition coefficient (Wildman–Crippen LogP) is 2.84. The molecule has 0 unspecified atom stereocenters. The molecule has 0 bridgehead atoms. The molecule has 2 rings (SSSR count). The number of fused-ring (bicyclic) bond motifs is 1. The smallest absolute Gasteiger partial charge is 0.147 e. The molecule has 1 aromatic carbocycles. The summed E-state index contributed by atoms with van der Waals surface area (Å²) in [4.78, 5) is 4.30. The van der Waals surface area contributed by atoms with Crippen molar-refractivity contribution in [3.63, 3.8) is 0 Å². The first kappa shape index (κ1) is 14.3. The third-order valence-electron chi connectivity index (χ3n) is 2.74. The molecular weight excluding hydrogens is 328 g/mol. The van der Waals surface area contributed by atoms with Gasteiger partial charge in [0.2, 0.25) is 0 Å². The third-order valence-corrected chi connectivity index (χ3v) is 4.46. The van der Waals surface area contributed by atoms with Gasteiger partial charge in [-0.1, -0.05) is 28.1 Å². The molecule has 0 aliphatic heterocycles. The van der Waals surface area contributed by atoms with Gasteiger partial charge in [0.05, 0.1) is 5.75 Å². The number of aromatic nitrogens is 1. The van der Waals surface area contributed by atoms with Gasteiger partial charge in [-0.2, -0.15) is 0 Å². The van der Waals surface area contributed by atoms with Gasteiger partial charge in [0, 0.05) is 34.2 Å².